The van der Waals surface area contributed by atoms with E-state index < -0.39 is 0 Å². The van der Waals surface area contributed by atoms with Crippen molar-refractivity contribution in [1.29, 1.82) is 0 Å². The lowest BCUT2D eigenvalue weighted by Crippen LogP contribution is -2.26. The molecule has 1 saturated heterocycles. The number of nitrogens with zero attached hydrogens (tertiary/aromatic N) is 1. The molecule has 96 valence electrons. The zero-order valence-corrected chi connectivity index (χ0v) is 11.6. The van der Waals surface area contributed by atoms with Crippen LogP contribution in [0.25, 0.3) is 0 Å². The third-order valence-electron chi connectivity index (χ3n) is 3.07. The van der Waals surface area contributed by atoms with Crippen LogP contribution in [-0.4, -0.2) is 30.4 Å². The maximum atomic E-state index is 11.8. The van der Waals surface area contributed by atoms with Crippen molar-refractivity contribution in [3.63, 3.8) is 0 Å². The Balaban J connectivity index is 2.05. The lowest BCUT2D eigenvalue weighted by atomic mass is 10.1. The molecule has 1 amide bonds. The summed E-state index contributed by atoms with van der Waals surface area (Å²) in [4.78, 5) is 24.9. The summed E-state index contributed by atoms with van der Waals surface area (Å²) in [6.07, 6.45) is 0.247. The lowest BCUT2D eigenvalue weighted by molar-refractivity contribution is -0.145. The van der Waals surface area contributed by atoms with E-state index >= 15 is 0 Å². The van der Waals surface area contributed by atoms with Crippen LogP contribution in [0.2, 0.25) is 0 Å². The Morgan fingerprint density at radius 2 is 2.22 bits per heavy atom. The minimum absolute atomic E-state index is 0.00107. The van der Waals surface area contributed by atoms with E-state index in [1.165, 1.54) is 7.11 Å². The number of halogens is 1. The molecule has 2 rings (SSSR count). The largest absolute Gasteiger partial charge is 0.469 e. The third-order valence-corrected chi connectivity index (χ3v) is 3.84. The highest BCUT2D eigenvalue weighted by molar-refractivity contribution is 9.10. The molecule has 1 aromatic carbocycles. The number of ether oxygens (including phenoxy) is 1. The van der Waals surface area contributed by atoms with Crippen LogP contribution in [0, 0.1) is 5.92 Å². The van der Waals surface area contributed by atoms with Gasteiger partial charge in [-0.3, -0.25) is 9.59 Å². The molecule has 1 fully saturated rings. The van der Waals surface area contributed by atoms with E-state index in [9.17, 15) is 9.59 Å². The molecule has 0 aromatic heterocycles. The molecule has 1 unspecified atom stereocenters. The van der Waals surface area contributed by atoms with E-state index in [-0.39, 0.29) is 24.2 Å². The van der Waals surface area contributed by atoms with E-state index in [1.54, 1.807) is 4.90 Å². The number of carbonyl (C=O) groups excluding carboxylic acids is 2. The third kappa shape index (κ3) is 2.72. The van der Waals surface area contributed by atoms with Crippen LogP contribution in [0.1, 0.15) is 12.0 Å². The van der Waals surface area contributed by atoms with Crippen molar-refractivity contribution in [3.05, 3.63) is 34.3 Å². The van der Waals surface area contributed by atoms with Gasteiger partial charge in [0, 0.05) is 24.0 Å². The Morgan fingerprint density at radius 1 is 1.50 bits per heavy atom. The van der Waals surface area contributed by atoms with Gasteiger partial charge in [0.1, 0.15) is 0 Å². The van der Waals surface area contributed by atoms with Gasteiger partial charge < -0.3 is 9.64 Å². The maximum Gasteiger partial charge on any atom is 0.310 e. The van der Waals surface area contributed by atoms with E-state index in [4.69, 9.17) is 0 Å². The summed E-state index contributed by atoms with van der Waals surface area (Å²) in [5.41, 5.74) is 1.04. The highest BCUT2D eigenvalue weighted by Gasteiger charge is 2.34. The quantitative estimate of drug-likeness (QED) is 0.802. The Kier molecular flexibility index (Phi) is 4.01. The molecule has 5 heteroatoms. The van der Waals surface area contributed by atoms with E-state index in [0.29, 0.717) is 13.1 Å². The molecule has 18 heavy (non-hydrogen) atoms. The van der Waals surface area contributed by atoms with Crippen molar-refractivity contribution in [2.75, 3.05) is 13.7 Å². The molecule has 0 spiro atoms. The van der Waals surface area contributed by atoms with Gasteiger partial charge in [0.2, 0.25) is 5.91 Å². The van der Waals surface area contributed by atoms with Crippen LogP contribution in [0.5, 0.6) is 0 Å². The summed E-state index contributed by atoms with van der Waals surface area (Å²) in [7, 11) is 1.35. The number of rotatable bonds is 3. The molecule has 0 radical (unpaired) electrons. The Hall–Kier alpha value is -1.36. The first kappa shape index (κ1) is 13.1. The van der Waals surface area contributed by atoms with Crippen molar-refractivity contribution < 1.29 is 14.3 Å². The molecule has 0 aliphatic carbocycles. The van der Waals surface area contributed by atoms with E-state index in [1.807, 2.05) is 24.3 Å². The molecule has 0 N–H and O–H groups in total. The molecule has 1 atom stereocenters. The second-order valence-electron chi connectivity index (χ2n) is 4.29. The molecule has 1 aliphatic rings. The topological polar surface area (TPSA) is 46.6 Å². The fourth-order valence-corrected chi connectivity index (χ4v) is 2.49. The number of benzene rings is 1. The number of methoxy groups -OCH3 is 1. The Bertz CT molecular complexity index is 475. The van der Waals surface area contributed by atoms with Gasteiger partial charge in [-0.15, -0.1) is 0 Å². The summed E-state index contributed by atoms with van der Waals surface area (Å²) >= 11 is 3.45. The number of hydrogen-bond acceptors (Lipinski definition) is 3. The van der Waals surface area contributed by atoms with E-state index in [0.717, 1.165) is 10.0 Å². The molecule has 1 heterocycles. The first-order chi connectivity index (χ1) is 8.61. The monoisotopic (exact) mass is 311 g/mol. The zero-order valence-electron chi connectivity index (χ0n) is 10.1. The van der Waals surface area contributed by atoms with Crippen molar-refractivity contribution in [1.82, 2.24) is 4.90 Å². The van der Waals surface area contributed by atoms with Crippen LogP contribution < -0.4 is 0 Å². The Labute approximate surface area is 114 Å². The van der Waals surface area contributed by atoms with Crippen LogP contribution in [0.15, 0.2) is 28.7 Å². The molecular formula is C13H14BrNO3. The zero-order chi connectivity index (χ0) is 13.1. The van der Waals surface area contributed by atoms with Crippen LogP contribution in [0.4, 0.5) is 0 Å². The first-order valence-electron chi connectivity index (χ1n) is 5.71. The summed E-state index contributed by atoms with van der Waals surface area (Å²) in [5, 5.41) is 0. The second-order valence-corrected chi connectivity index (χ2v) is 5.14. The summed E-state index contributed by atoms with van der Waals surface area (Å²) in [5.74, 6) is -0.635. The summed E-state index contributed by atoms with van der Waals surface area (Å²) in [6.45, 7) is 0.959. The van der Waals surface area contributed by atoms with E-state index in [2.05, 4.69) is 20.7 Å². The number of likely N-dealkylation sites (tertiary alicyclic amines) is 1. The predicted octanol–water partition coefficient (Wildman–Crippen LogP) is 1.97. The molecule has 4 nitrogen and oxygen atoms in total. The first-order valence-corrected chi connectivity index (χ1v) is 6.50. The minimum Gasteiger partial charge on any atom is -0.469 e. The highest BCUT2D eigenvalue weighted by Crippen LogP contribution is 2.24. The highest BCUT2D eigenvalue weighted by atomic mass is 79.9. The smallest absolute Gasteiger partial charge is 0.310 e. The van der Waals surface area contributed by atoms with Gasteiger partial charge in [-0.25, -0.2) is 0 Å². The van der Waals surface area contributed by atoms with Gasteiger partial charge >= 0.3 is 5.97 Å². The fraction of sp³-hybridized carbons (Fsp3) is 0.385. The van der Waals surface area contributed by atoms with Crippen LogP contribution in [0.3, 0.4) is 0 Å². The van der Waals surface area contributed by atoms with Crippen molar-refractivity contribution in [2.24, 2.45) is 5.92 Å². The van der Waals surface area contributed by atoms with Gasteiger partial charge in [-0.05, 0) is 11.6 Å². The normalized spacial score (nSPS) is 19.1. The summed E-state index contributed by atoms with van der Waals surface area (Å²) in [6, 6.07) is 7.76. The number of esters is 1. The molecular weight excluding hydrogens is 298 g/mol. The van der Waals surface area contributed by atoms with Crippen molar-refractivity contribution in [2.45, 2.75) is 13.0 Å². The van der Waals surface area contributed by atoms with Gasteiger partial charge in [0.15, 0.2) is 0 Å². The minimum atomic E-state index is -0.329. The van der Waals surface area contributed by atoms with Gasteiger partial charge in [0.05, 0.1) is 13.0 Å². The van der Waals surface area contributed by atoms with Crippen LogP contribution >= 0.6 is 15.9 Å². The van der Waals surface area contributed by atoms with Crippen molar-refractivity contribution in [3.8, 4) is 0 Å². The lowest BCUT2D eigenvalue weighted by Gasteiger charge is -2.17. The molecule has 1 aliphatic heterocycles. The average Bonchev–Trinajstić information content (AvgIpc) is 2.73. The SMILES string of the molecule is COC(=O)C1CC(=O)N(Cc2ccccc2Br)C1. The fourth-order valence-electron chi connectivity index (χ4n) is 2.08. The number of amides is 1. The maximum absolute atomic E-state index is 11.8. The second kappa shape index (κ2) is 5.52. The van der Waals surface area contributed by atoms with Crippen LogP contribution in [-0.2, 0) is 20.9 Å². The molecule has 0 bridgehead atoms. The Morgan fingerprint density at radius 3 is 2.89 bits per heavy atom. The van der Waals surface area contributed by atoms with Crippen molar-refractivity contribution >= 4 is 27.8 Å². The molecule has 1 aromatic rings. The van der Waals surface area contributed by atoms with Gasteiger partial charge in [-0.1, -0.05) is 34.1 Å². The van der Waals surface area contributed by atoms with Gasteiger partial charge in [-0.2, -0.15) is 0 Å². The summed E-state index contributed by atoms with van der Waals surface area (Å²) < 4.78 is 5.65. The molecule has 0 saturated carbocycles. The predicted molar refractivity (Wildman–Crippen MR) is 69.7 cm³/mol. The average molecular weight is 312 g/mol. The standard InChI is InChI=1S/C13H14BrNO3/c1-18-13(17)10-6-12(16)15(8-10)7-9-4-2-3-5-11(9)14/h2-5,10H,6-8H2,1H3. The van der Waals surface area contributed by atoms with Gasteiger partial charge in [0.25, 0.3) is 0 Å². The number of carbonyl (C=O) groups is 2. The number of hydrogen-bond donors (Lipinski definition) is 0.